The van der Waals surface area contributed by atoms with Gasteiger partial charge in [0, 0.05) is 12.1 Å². The number of nitrogens with two attached hydrogens (primary N) is 1. The van der Waals surface area contributed by atoms with Crippen molar-refractivity contribution in [3.8, 4) is 0 Å². The molecule has 0 unspecified atom stereocenters. The third-order valence-electron chi connectivity index (χ3n) is 4.06. The van der Waals surface area contributed by atoms with Crippen LogP contribution >= 0.6 is 0 Å². The van der Waals surface area contributed by atoms with Crippen LogP contribution in [-0.2, 0) is 13.0 Å². The van der Waals surface area contributed by atoms with Crippen LogP contribution in [0.5, 0.6) is 0 Å². The number of hydrogen-bond donors (Lipinski definition) is 1. The normalized spacial score (nSPS) is 11.1. The molecule has 0 saturated heterocycles. The van der Waals surface area contributed by atoms with Crippen molar-refractivity contribution in [3.63, 3.8) is 0 Å². The maximum atomic E-state index is 6.23. The maximum absolute atomic E-state index is 6.23. The smallest absolute Gasteiger partial charge is 0.200 e. The highest BCUT2D eigenvalue weighted by molar-refractivity contribution is 5.36. The topological polar surface area (TPSA) is 43.8 Å². The summed E-state index contributed by atoms with van der Waals surface area (Å²) in [6.07, 6.45) is 0.820. The molecule has 0 radical (unpaired) electrons. The second-order valence-electron chi connectivity index (χ2n) is 6.19. The van der Waals surface area contributed by atoms with Crippen LogP contribution in [-0.4, -0.2) is 9.55 Å². The molecule has 118 valence electrons. The third kappa shape index (κ3) is 3.45. The highest BCUT2D eigenvalue weighted by atomic mass is 15.2. The van der Waals surface area contributed by atoms with Crippen LogP contribution in [0.4, 0.5) is 5.95 Å². The lowest BCUT2D eigenvalue weighted by Crippen LogP contribution is -2.10. The first-order valence-corrected chi connectivity index (χ1v) is 8.07. The van der Waals surface area contributed by atoms with Crippen molar-refractivity contribution >= 4 is 5.95 Å². The molecule has 3 nitrogen and oxygen atoms in total. The summed E-state index contributed by atoms with van der Waals surface area (Å²) in [7, 11) is 0. The molecule has 0 aliphatic heterocycles. The fourth-order valence-electron chi connectivity index (χ4n) is 3.03. The zero-order valence-corrected chi connectivity index (χ0v) is 13.7. The van der Waals surface area contributed by atoms with Gasteiger partial charge in [-0.1, -0.05) is 74.5 Å². The second-order valence-corrected chi connectivity index (χ2v) is 6.19. The van der Waals surface area contributed by atoms with E-state index >= 15 is 0 Å². The van der Waals surface area contributed by atoms with Gasteiger partial charge in [-0.15, -0.1) is 0 Å². The van der Waals surface area contributed by atoms with Crippen LogP contribution in [0.25, 0.3) is 0 Å². The number of hydrogen-bond acceptors (Lipinski definition) is 2. The third-order valence-corrected chi connectivity index (χ3v) is 4.06. The van der Waals surface area contributed by atoms with E-state index in [-0.39, 0.29) is 0 Å². The van der Waals surface area contributed by atoms with Crippen molar-refractivity contribution < 1.29 is 0 Å². The average Bonchev–Trinajstić information content (AvgIpc) is 2.85. The minimum Gasteiger partial charge on any atom is -0.369 e. The molecular formula is C20H23N3. The van der Waals surface area contributed by atoms with E-state index in [2.05, 4.69) is 71.9 Å². The van der Waals surface area contributed by atoms with Gasteiger partial charge >= 0.3 is 0 Å². The van der Waals surface area contributed by atoms with Gasteiger partial charge in [0.05, 0.1) is 12.2 Å². The monoisotopic (exact) mass is 305 g/mol. The van der Waals surface area contributed by atoms with Crippen molar-refractivity contribution in [2.24, 2.45) is 0 Å². The first-order valence-electron chi connectivity index (χ1n) is 8.07. The molecule has 1 aromatic heterocycles. The Morgan fingerprint density at radius 2 is 1.48 bits per heavy atom. The standard InChI is InChI=1S/C20H23N3/c1-15(2)19-18(13-16-9-5-3-6-10-16)22-20(21)23(19)14-17-11-7-4-8-12-17/h3-12,15H,13-14H2,1-2H3,(H2,21,22). The van der Waals surface area contributed by atoms with Crippen LogP contribution < -0.4 is 5.73 Å². The molecule has 3 aromatic rings. The molecule has 0 fully saturated rings. The number of aromatic nitrogens is 2. The molecule has 0 atom stereocenters. The molecular weight excluding hydrogens is 282 g/mol. The van der Waals surface area contributed by atoms with E-state index < -0.39 is 0 Å². The van der Waals surface area contributed by atoms with Crippen molar-refractivity contribution in [3.05, 3.63) is 83.2 Å². The van der Waals surface area contributed by atoms with Crippen LogP contribution in [0.3, 0.4) is 0 Å². The van der Waals surface area contributed by atoms with E-state index in [1.54, 1.807) is 0 Å². The molecule has 0 aliphatic rings. The Morgan fingerprint density at radius 3 is 2.04 bits per heavy atom. The van der Waals surface area contributed by atoms with Gasteiger partial charge in [0.1, 0.15) is 0 Å². The quantitative estimate of drug-likeness (QED) is 0.766. The summed E-state index contributed by atoms with van der Waals surface area (Å²) >= 11 is 0. The number of nitrogens with zero attached hydrogens (tertiary/aromatic N) is 2. The fraction of sp³-hybridized carbons (Fsp3) is 0.250. The molecule has 23 heavy (non-hydrogen) atoms. The molecule has 3 rings (SSSR count). The Morgan fingerprint density at radius 1 is 0.913 bits per heavy atom. The predicted molar refractivity (Wildman–Crippen MR) is 95.5 cm³/mol. The van der Waals surface area contributed by atoms with Crippen molar-refractivity contribution in [1.82, 2.24) is 9.55 Å². The molecule has 2 aromatic carbocycles. The molecule has 3 heteroatoms. The molecule has 1 heterocycles. The summed E-state index contributed by atoms with van der Waals surface area (Å²) in [6, 6.07) is 20.8. The number of anilines is 1. The lowest BCUT2D eigenvalue weighted by Gasteiger charge is -2.14. The second kappa shape index (κ2) is 6.69. The van der Waals surface area contributed by atoms with Crippen LogP contribution in [0.2, 0.25) is 0 Å². The summed E-state index contributed by atoms with van der Waals surface area (Å²) in [5, 5.41) is 0. The van der Waals surface area contributed by atoms with Gasteiger partial charge in [0.25, 0.3) is 0 Å². The zero-order chi connectivity index (χ0) is 16.2. The number of nitrogen functional groups attached to an aromatic ring is 1. The van der Waals surface area contributed by atoms with Crippen LogP contribution in [0.1, 0.15) is 42.3 Å². The van der Waals surface area contributed by atoms with Gasteiger partial charge < -0.3 is 10.3 Å². The fourth-order valence-corrected chi connectivity index (χ4v) is 3.03. The van der Waals surface area contributed by atoms with Gasteiger partial charge in [-0.2, -0.15) is 0 Å². The van der Waals surface area contributed by atoms with Gasteiger partial charge in [0.15, 0.2) is 0 Å². The van der Waals surface area contributed by atoms with E-state index in [1.807, 2.05) is 12.1 Å². The summed E-state index contributed by atoms with van der Waals surface area (Å²) in [6.45, 7) is 5.17. The Labute approximate surface area is 137 Å². The van der Waals surface area contributed by atoms with Crippen molar-refractivity contribution in [2.45, 2.75) is 32.7 Å². The molecule has 0 saturated carbocycles. The molecule has 0 aliphatic carbocycles. The summed E-state index contributed by atoms with van der Waals surface area (Å²) in [5.41, 5.74) is 11.1. The number of benzene rings is 2. The number of imidazole rings is 1. The first kappa shape index (κ1) is 15.3. The maximum Gasteiger partial charge on any atom is 0.200 e. The van der Waals surface area contributed by atoms with E-state index in [1.165, 1.54) is 16.8 Å². The summed E-state index contributed by atoms with van der Waals surface area (Å²) < 4.78 is 2.15. The van der Waals surface area contributed by atoms with Crippen LogP contribution in [0, 0.1) is 0 Å². The van der Waals surface area contributed by atoms with Gasteiger partial charge in [-0.25, -0.2) is 4.98 Å². The Balaban J connectivity index is 1.96. The van der Waals surface area contributed by atoms with E-state index in [0.717, 1.165) is 18.7 Å². The van der Waals surface area contributed by atoms with E-state index in [4.69, 9.17) is 5.73 Å². The van der Waals surface area contributed by atoms with Crippen molar-refractivity contribution in [1.29, 1.82) is 0 Å². The Hall–Kier alpha value is -2.55. The highest BCUT2D eigenvalue weighted by Gasteiger charge is 2.18. The van der Waals surface area contributed by atoms with Crippen LogP contribution in [0.15, 0.2) is 60.7 Å². The highest BCUT2D eigenvalue weighted by Crippen LogP contribution is 2.26. The summed E-state index contributed by atoms with van der Waals surface area (Å²) in [5.74, 6) is 0.978. The lowest BCUT2D eigenvalue weighted by molar-refractivity contribution is 0.692. The largest absolute Gasteiger partial charge is 0.369 e. The Kier molecular flexibility index (Phi) is 4.47. The predicted octanol–water partition coefficient (Wildman–Crippen LogP) is 4.23. The SMILES string of the molecule is CC(C)c1c(Cc2ccccc2)nc(N)n1Cc1ccccc1. The molecule has 0 amide bonds. The Bertz CT molecular complexity index is 758. The lowest BCUT2D eigenvalue weighted by atomic mass is 10.0. The minimum atomic E-state index is 0.377. The molecule has 0 bridgehead atoms. The average molecular weight is 305 g/mol. The zero-order valence-electron chi connectivity index (χ0n) is 13.7. The van der Waals surface area contributed by atoms with Gasteiger partial charge in [0.2, 0.25) is 5.95 Å². The van der Waals surface area contributed by atoms with E-state index in [0.29, 0.717) is 11.9 Å². The molecule has 2 N–H and O–H groups in total. The van der Waals surface area contributed by atoms with E-state index in [9.17, 15) is 0 Å². The van der Waals surface area contributed by atoms with Gasteiger partial charge in [-0.05, 0) is 17.0 Å². The molecule has 0 spiro atoms. The minimum absolute atomic E-state index is 0.377. The van der Waals surface area contributed by atoms with Gasteiger partial charge in [-0.3, -0.25) is 0 Å². The first-order chi connectivity index (χ1) is 11.1. The number of rotatable bonds is 5. The van der Waals surface area contributed by atoms with Crippen molar-refractivity contribution in [2.75, 3.05) is 5.73 Å². The summed E-state index contributed by atoms with van der Waals surface area (Å²) in [4.78, 5) is 4.66.